The largest absolute Gasteiger partial charge is 0.494 e. The minimum Gasteiger partial charge on any atom is -0.494 e. The number of benzene rings is 4. The van der Waals surface area contributed by atoms with E-state index in [4.69, 9.17) is 47.6 Å². The van der Waals surface area contributed by atoms with E-state index in [0.29, 0.717) is 80.5 Å². The molecule has 0 spiro atoms. The molecular weight excluding hydrogens is 970 g/mol. The van der Waals surface area contributed by atoms with Crippen LogP contribution in [0.3, 0.4) is 0 Å². The van der Waals surface area contributed by atoms with Crippen molar-refractivity contribution in [2.24, 2.45) is 20.5 Å². The second-order valence-corrected chi connectivity index (χ2v) is 19.1. The molecule has 4 N–H and O–H groups in total. The summed E-state index contributed by atoms with van der Waals surface area (Å²) in [6, 6.07) is 15.3. The van der Waals surface area contributed by atoms with Gasteiger partial charge in [0.1, 0.15) is 33.3 Å². The van der Waals surface area contributed by atoms with Crippen LogP contribution in [0.4, 0.5) is 56.3 Å². The Bertz CT molecular complexity index is 3060. The Hall–Kier alpha value is -5.53. The molecule has 0 saturated heterocycles. The molecule has 0 saturated carbocycles. The molecule has 346 valence electrons. The minimum atomic E-state index is -4.65. The third-order valence-electron chi connectivity index (χ3n) is 9.75. The Kier molecular flexibility index (Phi) is 15.7. The van der Waals surface area contributed by atoms with E-state index in [0.717, 1.165) is 39.0 Å². The van der Waals surface area contributed by atoms with Gasteiger partial charge in [-0.3, -0.25) is 4.55 Å². The molecule has 19 nitrogen and oxygen atoms in total. The zero-order valence-corrected chi connectivity index (χ0v) is 41.1. The van der Waals surface area contributed by atoms with Gasteiger partial charge in [0, 0.05) is 54.1 Å². The molecule has 0 atom stereocenters. The molecule has 3 aromatic heterocycles. The maximum Gasteiger partial charge on any atom is 0.296 e. The summed E-state index contributed by atoms with van der Waals surface area (Å²) in [5.74, 6) is 1.62. The lowest BCUT2D eigenvalue weighted by Gasteiger charge is -2.25. The van der Waals surface area contributed by atoms with E-state index in [1.807, 2.05) is 52.0 Å². The predicted molar refractivity (Wildman–Crippen MR) is 265 cm³/mol. The van der Waals surface area contributed by atoms with Crippen LogP contribution in [-0.2, 0) is 10.1 Å². The summed E-state index contributed by atoms with van der Waals surface area (Å²) < 4.78 is 47.1. The fourth-order valence-corrected chi connectivity index (χ4v) is 10.2. The van der Waals surface area contributed by atoms with Crippen LogP contribution < -0.4 is 29.9 Å². The molecule has 66 heavy (non-hydrogen) atoms. The summed E-state index contributed by atoms with van der Waals surface area (Å²) in [7, 11) is -1.51. The van der Waals surface area contributed by atoms with Crippen LogP contribution in [0.15, 0.2) is 85.1 Å². The average molecular weight is 1010 g/mol. The van der Waals surface area contributed by atoms with Crippen LogP contribution in [-0.4, -0.2) is 95.8 Å². The van der Waals surface area contributed by atoms with Crippen molar-refractivity contribution < 1.29 is 27.6 Å². The van der Waals surface area contributed by atoms with Gasteiger partial charge in [0.05, 0.1) is 58.5 Å². The first-order valence-electron chi connectivity index (χ1n) is 20.2. The number of thiazole rings is 2. The molecule has 4 aromatic carbocycles. The molecule has 0 bridgehead atoms. The van der Waals surface area contributed by atoms with Crippen LogP contribution in [0.2, 0.25) is 10.0 Å². The third kappa shape index (κ3) is 11.2. The average Bonchev–Trinajstić information content (AvgIpc) is 3.90. The summed E-state index contributed by atoms with van der Waals surface area (Å²) >= 11 is 16.0. The van der Waals surface area contributed by atoms with Gasteiger partial charge < -0.3 is 35.0 Å². The zero-order valence-electron chi connectivity index (χ0n) is 36.3. The number of hydrogen-bond donors (Lipinski definition) is 4. The lowest BCUT2D eigenvalue weighted by molar-refractivity contribution is 0.322. The standard InChI is InChI=1S/C41H43Cl2N13O6S4/c1-7-55(8-2)29-18-25(27(20-31(29)61-5)51-53-40-46-24-12-11-22(42)15-33(24)64-40)44-37-48-38(50-39(49-37)63-14-13-57)45-26-19-30(56(9-3)10-4)32(62-6)21-28(26)52-54-41-47-36-34(65-41)16-23(43)17-35(36)66(58,59)60/h11-12,15-21,57H,7-10,13-14H2,1-6H3,(H,58,59,60)(H2,44,45,48,49,50)/b53-51+,54-52+. The first kappa shape index (κ1) is 48.4. The number of halogens is 2. The monoisotopic (exact) mass is 1010 g/mol. The van der Waals surface area contributed by atoms with Gasteiger partial charge in [0.15, 0.2) is 5.16 Å². The maximum absolute atomic E-state index is 12.2. The fraction of sp³-hybridized carbons (Fsp3) is 0.293. The highest BCUT2D eigenvalue weighted by atomic mass is 35.5. The van der Waals surface area contributed by atoms with Gasteiger partial charge in [0.25, 0.3) is 10.1 Å². The number of methoxy groups -OCH3 is 2. The Balaban J connectivity index is 1.32. The fourth-order valence-electron chi connectivity index (χ4n) is 6.66. The molecule has 0 amide bonds. The van der Waals surface area contributed by atoms with Crippen molar-refractivity contribution in [2.75, 3.05) is 73.2 Å². The smallest absolute Gasteiger partial charge is 0.296 e. The molecule has 7 rings (SSSR count). The van der Waals surface area contributed by atoms with Crippen molar-refractivity contribution >= 4 is 144 Å². The van der Waals surface area contributed by atoms with Crippen molar-refractivity contribution in [3.63, 3.8) is 0 Å². The van der Waals surface area contributed by atoms with Crippen LogP contribution in [0.5, 0.6) is 11.5 Å². The van der Waals surface area contributed by atoms with Gasteiger partial charge in [0.2, 0.25) is 22.2 Å². The maximum atomic E-state index is 12.2. The van der Waals surface area contributed by atoms with Gasteiger partial charge in [-0.2, -0.15) is 23.4 Å². The number of nitrogens with zero attached hydrogens (tertiary/aromatic N) is 11. The minimum absolute atomic E-state index is 0.000368. The van der Waals surface area contributed by atoms with E-state index in [9.17, 15) is 18.1 Å². The Morgan fingerprint density at radius 1 is 0.697 bits per heavy atom. The van der Waals surface area contributed by atoms with Crippen molar-refractivity contribution in [3.05, 3.63) is 64.6 Å². The van der Waals surface area contributed by atoms with Gasteiger partial charge in [-0.25, -0.2) is 9.97 Å². The molecule has 0 aliphatic heterocycles. The quantitative estimate of drug-likeness (QED) is 0.0315. The topological polar surface area (TPSA) is 237 Å². The van der Waals surface area contributed by atoms with Crippen molar-refractivity contribution in [3.8, 4) is 11.5 Å². The number of aliphatic hydroxyl groups excluding tert-OH is 1. The molecule has 0 aliphatic rings. The second-order valence-electron chi connectivity index (χ2n) is 13.7. The van der Waals surface area contributed by atoms with E-state index in [-0.39, 0.29) is 39.9 Å². The van der Waals surface area contributed by atoms with Gasteiger partial charge in [-0.15, -0.1) is 20.5 Å². The summed E-state index contributed by atoms with van der Waals surface area (Å²) in [6.07, 6.45) is 0. The number of thioether (sulfide) groups is 1. The lowest BCUT2D eigenvalue weighted by Crippen LogP contribution is -2.22. The van der Waals surface area contributed by atoms with Gasteiger partial charge in [-0.1, -0.05) is 57.6 Å². The molecule has 0 aliphatic carbocycles. The summed E-state index contributed by atoms with van der Waals surface area (Å²) in [4.78, 5) is 26.9. The summed E-state index contributed by atoms with van der Waals surface area (Å²) in [5.41, 5.74) is 3.88. The molecule has 3 heterocycles. The van der Waals surface area contributed by atoms with Crippen LogP contribution in [0.25, 0.3) is 20.4 Å². The zero-order chi connectivity index (χ0) is 47.1. The van der Waals surface area contributed by atoms with E-state index in [1.165, 1.54) is 29.2 Å². The number of rotatable bonds is 20. The van der Waals surface area contributed by atoms with Crippen molar-refractivity contribution in [1.29, 1.82) is 0 Å². The number of azo groups is 2. The first-order chi connectivity index (χ1) is 31.8. The molecule has 7 aromatic rings. The predicted octanol–water partition coefficient (Wildman–Crippen LogP) is 11.8. The molecular formula is C41H43Cl2N13O6S4. The Labute approximate surface area is 402 Å². The molecule has 25 heteroatoms. The van der Waals surface area contributed by atoms with E-state index >= 15 is 0 Å². The number of fused-ring (bicyclic) bond motifs is 2. The lowest BCUT2D eigenvalue weighted by atomic mass is 10.2. The number of nitrogens with one attached hydrogen (secondary N) is 2. The normalized spacial score (nSPS) is 11.9. The molecule has 0 unspecified atom stereocenters. The first-order valence-corrected chi connectivity index (χ1v) is 25.0. The van der Waals surface area contributed by atoms with Crippen LogP contribution in [0.1, 0.15) is 27.7 Å². The SMILES string of the molecule is CCN(CC)c1cc(Nc2nc(Nc3cc(N(CC)CC)c(OC)cc3/N=N/c3nc4c(S(=O)(=O)O)cc(Cl)cc4s3)nc(SCCO)n2)c(/N=N/c2nc3ccc(Cl)cc3s2)cc1OC. The highest BCUT2D eigenvalue weighted by molar-refractivity contribution is 7.99. The molecule has 0 fully saturated rings. The number of anilines is 6. The van der Waals surface area contributed by atoms with E-state index in [2.05, 4.69) is 50.9 Å². The van der Waals surface area contributed by atoms with E-state index in [1.54, 1.807) is 32.4 Å². The number of ether oxygens (including phenoxy) is 2. The highest BCUT2D eigenvalue weighted by Gasteiger charge is 2.22. The van der Waals surface area contributed by atoms with Gasteiger partial charge in [-0.05, 0) is 70.2 Å². The second kappa shape index (κ2) is 21.4. The number of aliphatic hydroxyl groups is 1. The third-order valence-corrected chi connectivity index (χ3v) is 13.7. The number of aromatic nitrogens is 5. The van der Waals surface area contributed by atoms with Gasteiger partial charge >= 0.3 is 0 Å². The summed E-state index contributed by atoms with van der Waals surface area (Å²) in [6.45, 7) is 10.7. The van der Waals surface area contributed by atoms with Crippen molar-refractivity contribution in [1.82, 2.24) is 24.9 Å². The summed E-state index contributed by atoms with van der Waals surface area (Å²) in [5, 5.41) is 36.0. The van der Waals surface area contributed by atoms with Crippen LogP contribution in [0, 0.1) is 0 Å². The van der Waals surface area contributed by atoms with E-state index < -0.39 is 15.0 Å². The Morgan fingerprint density at radius 3 is 1.74 bits per heavy atom. The highest BCUT2D eigenvalue weighted by Crippen LogP contribution is 2.44. The Morgan fingerprint density at radius 2 is 1.23 bits per heavy atom. The molecule has 0 radical (unpaired) electrons. The van der Waals surface area contributed by atoms with Crippen molar-refractivity contribution in [2.45, 2.75) is 37.7 Å². The van der Waals surface area contributed by atoms with Crippen LogP contribution >= 0.6 is 57.6 Å². The number of hydrogen-bond acceptors (Lipinski definition) is 21.